The summed E-state index contributed by atoms with van der Waals surface area (Å²) in [7, 11) is 2.03. The van der Waals surface area contributed by atoms with Crippen molar-refractivity contribution in [3.8, 4) is 11.5 Å². The van der Waals surface area contributed by atoms with Crippen LogP contribution in [0.15, 0.2) is 66.5 Å². The predicted octanol–water partition coefficient (Wildman–Crippen LogP) is 9.17. The molecule has 318 valence electrons. The molecule has 0 saturated carbocycles. The molecule has 2 aliphatic carbocycles. The molecule has 2 heterocycles. The van der Waals surface area contributed by atoms with Gasteiger partial charge < -0.3 is 34.4 Å². The van der Waals surface area contributed by atoms with Crippen molar-refractivity contribution in [3.63, 3.8) is 0 Å². The molecule has 3 N–H and O–H groups in total. The number of likely N-dealkylation sites (tertiary alicyclic amines) is 1. The molecule has 0 aromatic heterocycles. The van der Waals surface area contributed by atoms with Crippen LogP contribution < -0.4 is 4.74 Å². The summed E-state index contributed by atoms with van der Waals surface area (Å²) in [5.74, 6) is -3.26. The van der Waals surface area contributed by atoms with Gasteiger partial charge in [-0.3, -0.25) is 4.79 Å². The number of carbonyl (C=O) groups excluding carboxylic acids is 2. The molecule has 2 aromatic carbocycles. The van der Waals surface area contributed by atoms with Crippen LogP contribution in [0.5, 0.6) is 11.5 Å². The van der Waals surface area contributed by atoms with Crippen LogP contribution in [0, 0.1) is 0 Å². The highest BCUT2D eigenvalue weighted by Gasteiger charge is 2.72. The molecule has 10 nitrogen and oxygen atoms in total. The fraction of sp³-hybridized carbons (Fsp3) is 0.578. The highest BCUT2D eigenvalue weighted by molar-refractivity contribution is 5.82. The quantitative estimate of drug-likeness (QED) is 0.0714. The summed E-state index contributed by atoms with van der Waals surface area (Å²) < 4.78 is 50.1. The van der Waals surface area contributed by atoms with E-state index in [0.717, 1.165) is 49.8 Å². The Hall–Kier alpha value is -4.36. The Kier molecular flexibility index (Phi) is 15.5. The fourth-order valence-electron chi connectivity index (χ4n) is 9.02. The second-order valence-corrected chi connectivity index (χ2v) is 15.9. The molecule has 6 rings (SSSR count). The van der Waals surface area contributed by atoms with E-state index in [9.17, 15) is 33.0 Å². The number of rotatable bonds is 19. The molecule has 1 saturated heterocycles. The Bertz CT molecular complexity index is 1780. The van der Waals surface area contributed by atoms with Crippen molar-refractivity contribution in [1.29, 1.82) is 0 Å². The van der Waals surface area contributed by atoms with Crippen LogP contribution >= 0.6 is 0 Å². The summed E-state index contributed by atoms with van der Waals surface area (Å²) >= 11 is 0. The maximum absolute atomic E-state index is 13.9. The zero-order chi connectivity index (χ0) is 41.9. The summed E-state index contributed by atoms with van der Waals surface area (Å²) in [4.78, 5) is 38.1. The molecule has 2 bridgehead atoms. The molecule has 1 fully saturated rings. The van der Waals surface area contributed by atoms with E-state index in [4.69, 9.17) is 24.1 Å². The number of likely N-dealkylation sites (N-methyl/N-ethyl adjacent to an activating group) is 1. The number of phenols is 1. The number of nitrogens with zero attached hydrogens (tertiary/aromatic N) is 1. The summed E-state index contributed by atoms with van der Waals surface area (Å²) in [5.41, 5.74) is 0.345. The number of unbranched alkanes of at least 4 members (excludes halogenated alkanes) is 11. The first-order valence-corrected chi connectivity index (χ1v) is 20.8. The van der Waals surface area contributed by atoms with Crippen LogP contribution in [0.2, 0.25) is 0 Å². The lowest BCUT2D eigenvalue weighted by molar-refractivity contribution is -0.192. The zero-order valence-corrected chi connectivity index (χ0v) is 33.6. The number of alkyl halides is 3. The van der Waals surface area contributed by atoms with E-state index in [1.807, 2.05) is 19.2 Å². The van der Waals surface area contributed by atoms with Gasteiger partial charge >= 0.3 is 24.1 Å². The van der Waals surface area contributed by atoms with Gasteiger partial charge in [-0.1, -0.05) is 107 Å². The number of carbonyl (C=O) groups is 3. The van der Waals surface area contributed by atoms with Crippen molar-refractivity contribution < 1.29 is 57.1 Å². The number of aromatic hydroxyl groups is 1. The van der Waals surface area contributed by atoms with Crippen molar-refractivity contribution in [3.05, 3.63) is 83.1 Å². The number of hydrogen-bond acceptors (Lipinski definition) is 9. The lowest BCUT2D eigenvalue weighted by Crippen LogP contribution is -2.74. The largest absolute Gasteiger partial charge is 0.504 e. The maximum atomic E-state index is 13.9. The van der Waals surface area contributed by atoms with Gasteiger partial charge in [-0.15, -0.1) is 0 Å². The van der Waals surface area contributed by atoms with E-state index in [1.165, 1.54) is 44.9 Å². The first kappa shape index (κ1) is 44.7. The van der Waals surface area contributed by atoms with E-state index in [0.29, 0.717) is 30.6 Å². The predicted molar refractivity (Wildman–Crippen MR) is 211 cm³/mol. The fourth-order valence-corrected chi connectivity index (χ4v) is 9.02. The summed E-state index contributed by atoms with van der Waals surface area (Å²) in [6.45, 7) is 2.98. The van der Waals surface area contributed by atoms with Crippen molar-refractivity contribution >= 4 is 17.9 Å². The first-order chi connectivity index (χ1) is 27.7. The van der Waals surface area contributed by atoms with Gasteiger partial charge in [-0.2, -0.15) is 13.2 Å². The lowest BCUT2D eigenvalue weighted by atomic mass is 9.50. The van der Waals surface area contributed by atoms with Gasteiger partial charge in [0.05, 0.1) is 11.0 Å². The summed E-state index contributed by atoms with van der Waals surface area (Å²) in [6.07, 6.45) is 16.2. The highest BCUT2D eigenvalue weighted by Crippen LogP contribution is 2.65. The Balaban J connectivity index is 0.000000839. The monoisotopic (exact) mass is 813 g/mol. The molecule has 58 heavy (non-hydrogen) atoms. The number of aliphatic carboxylic acids is 1. The molecule has 2 aromatic rings. The number of hydrogen-bond donors (Lipinski definition) is 3. The maximum Gasteiger partial charge on any atom is 0.490 e. The van der Waals surface area contributed by atoms with Gasteiger partial charge in [0.15, 0.2) is 17.6 Å². The van der Waals surface area contributed by atoms with Crippen molar-refractivity contribution in [2.45, 2.75) is 152 Å². The number of benzene rings is 2. The molecule has 5 atom stereocenters. The SMILES string of the molecule is CCCCCCCC/C=C\CCCCCCCC(=O)OC(C(=O)OC1=CC[C@@]2(O)[C@H]3Cc4ccc(O)c5c4[C@@]2(CCN3C)[C@H]1O5)c1ccccc1.O=C(O)C(F)(F)F. The average molecular weight is 814 g/mol. The second kappa shape index (κ2) is 20.1. The first-order valence-electron chi connectivity index (χ1n) is 20.8. The van der Waals surface area contributed by atoms with Crippen molar-refractivity contribution in [2.24, 2.45) is 0 Å². The van der Waals surface area contributed by atoms with E-state index >= 15 is 0 Å². The minimum atomic E-state index is -5.08. The smallest absolute Gasteiger partial charge is 0.490 e. The van der Waals surface area contributed by atoms with Crippen LogP contribution in [0.1, 0.15) is 132 Å². The Morgan fingerprint density at radius 2 is 1.57 bits per heavy atom. The van der Waals surface area contributed by atoms with Gasteiger partial charge in [0.1, 0.15) is 5.76 Å². The number of halogens is 3. The van der Waals surface area contributed by atoms with Crippen LogP contribution in [0.25, 0.3) is 0 Å². The molecule has 4 aliphatic rings. The number of ether oxygens (including phenoxy) is 3. The number of esters is 2. The van der Waals surface area contributed by atoms with Gasteiger partial charge in [-0.05, 0) is 76.2 Å². The molecule has 2 aliphatic heterocycles. The van der Waals surface area contributed by atoms with Crippen LogP contribution in [0.3, 0.4) is 0 Å². The minimum Gasteiger partial charge on any atom is -0.504 e. The van der Waals surface area contributed by atoms with Crippen LogP contribution in [-0.2, 0) is 35.7 Å². The third-order valence-electron chi connectivity index (χ3n) is 12.0. The number of phenolic OH excluding ortho intramolecular Hbond substituents is 1. The standard InChI is InChI=1S/C43H57NO7.C2HF3O2/c1-3-4-5-6-7-8-9-10-11-12-13-14-15-16-20-23-36(46)50-38(31-21-18-17-19-22-31)41(47)49-34-26-27-43(48)35-30-32-24-25-33(45)39-37(32)42(43,40(34)51-39)28-29-44(35)2;3-2(4,5)1(6)7/h10-11,17-19,21-22,24-26,35,38,40,45,48H,3-9,12-16,20,23,27-30H2,1-2H3;(H,6,7)/b11-10-;/t35-,38?,40+,42+,43-;/m1./s1. The summed E-state index contributed by atoms with van der Waals surface area (Å²) in [6, 6.07) is 12.4. The third-order valence-corrected chi connectivity index (χ3v) is 12.0. The molecule has 1 spiro atoms. The lowest BCUT2D eigenvalue weighted by Gasteiger charge is -2.61. The van der Waals surface area contributed by atoms with Crippen LogP contribution in [0.4, 0.5) is 13.2 Å². The third kappa shape index (κ3) is 10.1. The average Bonchev–Trinajstić information content (AvgIpc) is 3.55. The number of allylic oxidation sites excluding steroid dienone is 2. The topological polar surface area (TPSA) is 143 Å². The molecular formula is C45H58F3NO9. The highest BCUT2D eigenvalue weighted by atomic mass is 19.4. The minimum absolute atomic E-state index is 0.00895. The Labute approximate surface area is 339 Å². The number of carboxylic acids is 1. The Morgan fingerprint density at radius 3 is 2.21 bits per heavy atom. The second-order valence-electron chi connectivity index (χ2n) is 15.9. The van der Waals surface area contributed by atoms with Crippen molar-refractivity contribution in [2.75, 3.05) is 13.6 Å². The molecule has 0 radical (unpaired) electrons. The van der Waals surface area contributed by atoms with Crippen molar-refractivity contribution in [1.82, 2.24) is 4.90 Å². The molecule has 13 heteroatoms. The number of piperidine rings is 1. The van der Waals surface area contributed by atoms with E-state index in [-0.39, 0.29) is 30.4 Å². The molecular weight excluding hydrogens is 755 g/mol. The number of carboxylic acid groups (broad SMARTS) is 1. The van der Waals surface area contributed by atoms with Gasteiger partial charge in [0, 0.05) is 30.0 Å². The molecule has 1 unspecified atom stereocenters. The van der Waals surface area contributed by atoms with E-state index in [2.05, 4.69) is 24.0 Å². The van der Waals surface area contributed by atoms with Gasteiger partial charge in [-0.25, -0.2) is 9.59 Å². The normalized spacial score (nSPS) is 23.5. The Morgan fingerprint density at radius 1 is 0.948 bits per heavy atom. The van der Waals surface area contributed by atoms with E-state index < -0.39 is 47.3 Å². The summed E-state index contributed by atoms with van der Waals surface area (Å²) in [5, 5.41) is 30.4. The number of aliphatic hydroxyl groups is 1. The van der Waals surface area contributed by atoms with Gasteiger partial charge in [0.2, 0.25) is 6.10 Å². The van der Waals surface area contributed by atoms with Gasteiger partial charge in [0.25, 0.3) is 0 Å². The molecule has 0 amide bonds. The van der Waals surface area contributed by atoms with E-state index in [1.54, 1.807) is 36.4 Å². The zero-order valence-electron chi connectivity index (χ0n) is 33.6. The van der Waals surface area contributed by atoms with Crippen LogP contribution in [-0.4, -0.2) is 75.6 Å².